The molecule has 3 rings (SSSR count). The molecule has 0 aliphatic carbocycles. The number of halogens is 1. The van der Waals surface area contributed by atoms with Gasteiger partial charge in [-0.3, -0.25) is 4.79 Å². The van der Waals surface area contributed by atoms with Gasteiger partial charge in [0.25, 0.3) is 0 Å². The molecule has 144 valence electrons. The quantitative estimate of drug-likeness (QED) is 0.778. The molecule has 0 N–H and O–H groups in total. The van der Waals surface area contributed by atoms with E-state index in [0.29, 0.717) is 18.0 Å². The summed E-state index contributed by atoms with van der Waals surface area (Å²) in [5.41, 5.74) is 0. The third-order valence-corrected chi connectivity index (χ3v) is 7.35. The Morgan fingerprint density at radius 2 is 1.77 bits per heavy atom. The van der Waals surface area contributed by atoms with Crippen LogP contribution in [0.4, 0.5) is 0 Å². The summed E-state index contributed by atoms with van der Waals surface area (Å²) in [5, 5.41) is 0.502. The maximum absolute atomic E-state index is 12.9. The van der Waals surface area contributed by atoms with Crippen LogP contribution < -0.4 is 0 Å². The number of nitrogens with zero attached hydrogens (tertiary/aromatic N) is 3. The van der Waals surface area contributed by atoms with Gasteiger partial charge in [0.2, 0.25) is 15.9 Å². The molecule has 2 aliphatic rings. The highest BCUT2D eigenvalue weighted by Gasteiger charge is 2.35. The number of piperidine rings is 1. The number of amides is 1. The first-order valence-corrected chi connectivity index (χ1v) is 10.9. The van der Waals surface area contributed by atoms with Gasteiger partial charge in [-0.25, -0.2) is 8.42 Å². The predicted molar refractivity (Wildman–Crippen MR) is 102 cm³/mol. The van der Waals surface area contributed by atoms with Crippen LogP contribution >= 0.6 is 11.6 Å². The molecule has 2 aliphatic heterocycles. The van der Waals surface area contributed by atoms with E-state index in [1.54, 1.807) is 12.1 Å². The van der Waals surface area contributed by atoms with Crippen molar-refractivity contribution in [1.29, 1.82) is 0 Å². The Balaban J connectivity index is 1.70. The maximum Gasteiger partial charge on any atom is 0.243 e. The molecule has 2 saturated heterocycles. The van der Waals surface area contributed by atoms with Gasteiger partial charge in [-0.1, -0.05) is 11.6 Å². The second-order valence-electron chi connectivity index (χ2n) is 7.14. The molecule has 1 unspecified atom stereocenters. The van der Waals surface area contributed by atoms with Crippen LogP contribution in [0.5, 0.6) is 0 Å². The zero-order valence-electron chi connectivity index (χ0n) is 15.1. The zero-order chi connectivity index (χ0) is 18.7. The van der Waals surface area contributed by atoms with Gasteiger partial charge in [-0.05, 0) is 57.1 Å². The minimum Gasteiger partial charge on any atom is -0.341 e. The van der Waals surface area contributed by atoms with Crippen molar-refractivity contribution >= 4 is 27.5 Å². The molecular weight excluding hydrogens is 374 g/mol. The van der Waals surface area contributed by atoms with E-state index in [9.17, 15) is 13.2 Å². The highest BCUT2D eigenvalue weighted by molar-refractivity contribution is 7.89. The number of hydrogen-bond acceptors (Lipinski definition) is 4. The van der Waals surface area contributed by atoms with Crippen molar-refractivity contribution in [2.24, 2.45) is 5.92 Å². The van der Waals surface area contributed by atoms with Crippen molar-refractivity contribution < 1.29 is 13.2 Å². The fraction of sp³-hybridized carbons (Fsp3) is 0.611. The minimum absolute atomic E-state index is 0.0938. The van der Waals surface area contributed by atoms with E-state index in [4.69, 9.17) is 11.6 Å². The highest BCUT2D eigenvalue weighted by Crippen LogP contribution is 2.26. The Kier molecular flexibility index (Phi) is 6.22. The molecule has 0 spiro atoms. The first-order chi connectivity index (χ1) is 12.4. The van der Waals surface area contributed by atoms with Gasteiger partial charge >= 0.3 is 0 Å². The van der Waals surface area contributed by atoms with Gasteiger partial charge in [0, 0.05) is 37.7 Å². The Morgan fingerprint density at radius 3 is 2.50 bits per heavy atom. The van der Waals surface area contributed by atoms with E-state index >= 15 is 0 Å². The van der Waals surface area contributed by atoms with Crippen LogP contribution in [-0.4, -0.2) is 74.7 Å². The molecule has 0 aromatic heterocycles. The summed E-state index contributed by atoms with van der Waals surface area (Å²) < 4.78 is 27.2. The molecule has 8 heteroatoms. The largest absolute Gasteiger partial charge is 0.341 e. The van der Waals surface area contributed by atoms with Crippen LogP contribution in [0.15, 0.2) is 29.2 Å². The predicted octanol–water partition coefficient (Wildman–Crippen LogP) is 1.90. The van der Waals surface area contributed by atoms with Gasteiger partial charge in [-0.15, -0.1) is 0 Å². The number of likely N-dealkylation sites (N-methyl/N-ethyl adjacent to an activating group) is 1. The number of benzene rings is 1. The summed E-state index contributed by atoms with van der Waals surface area (Å²) in [5.74, 6) is -0.162. The highest BCUT2D eigenvalue weighted by atomic mass is 35.5. The number of sulfonamides is 1. The summed E-state index contributed by atoms with van der Waals surface area (Å²) in [4.78, 5) is 17.3. The molecule has 0 saturated carbocycles. The lowest BCUT2D eigenvalue weighted by Crippen LogP contribution is -2.47. The molecular formula is C18H26ClN3O3S. The van der Waals surface area contributed by atoms with Gasteiger partial charge in [0.05, 0.1) is 10.8 Å². The van der Waals surface area contributed by atoms with Crippen molar-refractivity contribution in [3.8, 4) is 0 Å². The second kappa shape index (κ2) is 8.25. The lowest BCUT2D eigenvalue weighted by atomic mass is 9.98. The van der Waals surface area contributed by atoms with Crippen LogP contribution in [-0.2, 0) is 14.8 Å². The summed E-state index contributed by atoms with van der Waals surface area (Å²) in [6, 6.07) is 6.20. The average molecular weight is 400 g/mol. The third-order valence-electron chi connectivity index (χ3n) is 5.22. The van der Waals surface area contributed by atoms with E-state index in [-0.39, 0.29) is 23.3 Å². The van der Waals surface area contributed by atoms with Gasteiger partial charge in [-0.2, -0.15) is 4.31 Å². The third kappa shape index (κ3) is 4.39. The molecule has 2 fully saturated rings. The number of rotatable bonds is 3. The molecule has 1 aromatic rings. The van der Waals surface area contributed by atoms with Crippen molar-refractivity contribution in [2.45, 2.75) is 24.2 Å². The monoisotopic (exact) mass is 399 g/mol. The van der Waals surface area contributed by atoms with Crippen molar-refractivity contribution in [2.75, 3.05) is 46.3 Å². The lowest BCUT2D eigenvalue weighted by molar-refractivity contribution is -0.136. The van der Waals surface area contributed by atoms with Crippen LogP contribution in [0.25, 0.3) is 0 Å². The summed E-state index contributed by atoms with van der Waals surface area (Å²) in [6.45, 7) is 4.05. The van der Waals surface area contributed by atoms with Crippen LogP contribution in [0, 0.1) is 5.92 Å². The molecule has 0 bridgehead atoms. The Hall–Kier alpha value is -1.15. The molecule has 0 radical (unpaired) electrons. The summed E-state index contributed by atoms with van der Waals surface area (Å²) >= 11 is 5.86. The topological polar surface area (TPSA) is 60.9 Å². The number of carbonyl (C=O) groups is 1. The van der Waals surface area contributed by atoms with Crippen LogP contribution in [0.2, 0.25) is 5.02 Å². The smallest absolute Gasteiger partial charge is 0.243 e. The fourth-order valence-electron chi connectivity index (χ4n) is 3.64. The standard InChI is InChI=1S/C18H26ClN3O3S/c1-20-9-3-10-21(13-12-20)18(23)15-4-2-11-22(14-15)26(24,25)17-7-5-16(19)6-8-17/h5-8,15H,2-4,9-14H2,1H3. The molecule has 6 nitrogen and oxygen atoms in total. The van der Waals surface area contributed by atoms with Crippen molar-refractivity contribution in [3.05, 3.63) is 29.3 Å². The first kappa shape index (κ1) is 19.6. The van der Waals surface area contributed by atoms with Gasteiger partial charge in [0.1, 0.15) is 0 Å². The molecule has 1 atom stereocenters. The first-order valence-electron chi connectivity index (χ1n) is 9.11. The summed E-state index contributed by atoms with van der Waals surface area (Å²) in [7, 11) is -1.53. The molecule has 1 aromatic carbocycles. The normalized spacial score (nSPS) is 23.6. The fourth-order valence-corrected chi connectivity index (χ4v) is 5.29. The van der Waals surface area contributed by atoms with Crippen LogP contribution in [0.3, 0.4) is 0 Å². The van der Waals surface area contributed by atoms with Gasteiger partial charge < -0.3 is 9.80 Å². The molecule has 2 heterocycles. The molecule has 1 amide bonds. The van der Waals surface area contributed by atoms with Gasteiger partial charge in [0.15, 0.2) is 0 Å². The van der Waals surface area contributed by atoms with E-state index in [0.717, 1.165) is 39.0 Å². The SMILES string of the molecule is CN1CCCN(C(=O)C2CCCN(S(=O)(=O)c3ccc(Cl)cc3)C2)CC1. The minimum atomic E-state index is -3.60. The van der Waals surface area contributed by atoms with E-state index in [1.807, 2.05) is 4.90 Å². The Morgan fingerprint density at radius 1 is 1.04 bits per heavy atom. The zero-order valence-corrected chi connectivity index (χ0v) is 16.7. The van der Waals surface area contributed by atoms with E-state index in [1.165, 1.54) is 16.4 Å². The van der Waals surface area contributed by atoms with E-state index < -0.39 is 10.0 Å². The number of carbonyl (C=O) groups excluding carboxylic acids is 1. The van der Waals surface area contributed by atoms with E-state index in [2.05, 4.69) is 11.9 Å². The second-order valence-corrected chi connectivity index (χ2v) is 9.51. The molecule has 26 heavy (non-hydrogen) atoms. The average Bonchev–Trinajstić information content (AvgIpc) is 2.86. The Bertz CT molecular complexity index is 739. The maximum atomic E-state index is 12.9. The van der Waals surface area contributed by atoms with Crippen molar-refractivity contribution in [3.63, 3.8) is 0 Å². The number of hydrogen-bond donors (Lipinski definition) is 0. The lowest BCUT2D eigenvalue weighted by Gasteiger charge is -2.34. The van der Waals surface area contributed by atoms with Crippen molar-refractivity contribution in [1.82, 2.24) is 14.1 Å². The van der Waals surface area contributed by atoms with Crippen LogP contribution in [0.1, 0.15) is 19.3 Å². The summed E-state index contributed by atoms with van der Waals surface area (Å²) in [6.07, 6.45) is 2.41. The Labute approximate surface area is 160 Å².